The number of carboxylic acid groups (broad SMARTS) is 1. The van der Waals surface area contributed by atoms with E-state index in [-0.39, 0.29) is 5.17 Å². The molecule has 0 aromatic heterocycles. The van der Waals surface area contributed by atoms with Gasteiger partial charge in [0.25, 0.3) is 0 Å². The fourth-order valence-electron chi connectivity index (χ4n) is 2.65. The number of carbonyl (C=O) groups is 1. The maximum absolute atomic E-state index is 10.1. The Morgan fingerprint density at radius 1 is 0.769 bits per heavy atom. The summed E-state index contributed by atoms with van der Waals surface area (Å²) in [5.74, 6) is 0.355. The zero-order valence-electron chi connectivity index (χ0n) is 17.4. The van der Waals surface area contributed by atoms with Gasteiger partial charge < -0.3 is 10.8 Å². The minimum Gasteiger partial charge on any atom is -0.481 e. The van der Waals surface area contributed by atoms with Crippen molar-refractivity contribution in [2.75, 3.05) is 5.75 Å². The number of nitrogens with one attached hydrogen (secondary N) is 1. The summed E-state index contributed by atoms with van der Waals surface area (Å²) in [4.78, 5) is 10.1. The Morgan fingerprint density at radius 2 is 1.15 bits per heavy atom. The van der Waals surface area contributed by atoms with Gasteiger partial charge in [-0.2, -0.15) is 0 Å². The van der Waals surface area contributed by atoms with Gasteiger partial charge in [-0.05, 0) is 12.8 Å². The first kappa shape index (κ1) is 27.5. The average molecular weight is 389 g/mol. The van der Waals surface area contributed by atoms with Crippen molar-refractivity contribution in [3.8, 4) is 0 Å². The summed E-state index contributed by atoms with van der Waals surface area (Å²) >= 11 is 1.46. The van der Waals surface area contributed by atoms with E-state index in [4.69, 9.17) is 16.2 Å². The lowest BCUT2D eigenvalue weighted by atomic mass is 10.1. The van der Waals surface area contributed by atoms with E-state index in [0.717, 1.165) is 18.6 Å². The number of unbranched alkanes of at least 4 members (excludes halogenated alkanes) is 13. The van der Waals surface area contributed by atoms with E-state index in [1.54, 1.807) is 0 Å². The van der Waals surface area contributed by atoms with Crippen molar-refractivity contribution in [2.45, 2.75) is 117 Å². The SMILES string of the molecule is CCCCCCCCCC(=O)O.CCCCCCCCCCSC(=N)N. The van der Waals surface area contributed by atoms with Gasteiger partial charge in [0.05, 0.1) is 0 Å². The molecule has 156 valence electrons. The number of aliphatic carboxylic acids is 1. The molecule has 0 radical (unpaired) electrons. The van der Waals surface area contributed by atoms with Crippen molar-refractivity contribution >= 4 is 22.9 Å². The van der Waals surface area contributed by atoms with Crippen LogP contribution in [0, 0.1) is 5.41 Å². The van der Waals surface area contributed by atoms with Gasteiger partial charge in [-0.25, -0.2) is 0 Å². The summed E-state index contributed by atoms with van der Waals surface area (Å²) < 4.78 is 0. The molecule has 0 aliphatic rings. The molecule has 0 saturated heterocycles. The van der Waals surface area contributed by atoms with Crippen LogP contribution in [-0.2, 0) is 4.79 Å². The van der Waals surface area contributed by atoms with Crippen molar-refractivity contribution in [3.63, 3.8) is 0 Å². The van der Waals surface area contributed by atoms with Crippen LogP contribution in [0.3, 0.4) is 0 Å². The smallest absolute Gasteiger partial charge is 0.303 e. The highest BCUT2D eigenvalue weighted by Crippen LogP contribution is 2.10. The lowest BCUT2D eigenvalue weighted by molar-refractivity contribution is -0.137. The highest BCUT2D eigenvalue weighted by Gasteiger charge is 1.96. The molecule has 0 saturated carbocycles. The molecule has 0 aromatic carbocycles. The Balaban J connectivity index is 0. The van der Waals surface area contributed by atoms with Gasteiger partial charge in [0.15, 0.2) is 5.17 Å². The third-order valence-corrected chi connectivity index (χ3v) is 5.05. The Labute approximate surface area is 166 Å². The van der Waals surface area contributed by atoms with Gasteiger partial charge >= 0.3 is 5.97 Å². The molecule has 0 fully saturated rings. The van der Waals surface area contributed by atoms with Gasteiger partial charge in [-0.1, -0.05) is 109 Å². The first-order valence-corrected chi connectivity index (χ1v) is 11.7. The number of rotatable bonds is 17. The normalized spacial score (nSPS) is 10.2. The topological polar surface area (TPSA) is 87.2 Å². The highest BCUT2D eigenvalue weighted by atomic mass is 32.2. The second kappa shape index (κ2) is 24.3. The quantitative estimate of drug-likeness (QED) is 0.143. The van der Waals surface area contributed by atoms with E-state index in [1.165, 1.54) is 95.2 Å². The summed E-state index contributed by atoms with van der Waals surface area (Å²) in [6, 6.07) is 0. The largest absolute Gasteiger partial charge is 0.481 e. The fraction of sp³-hybridized carbons (Fsp3) is 0.905. The molecule has 26 heavy (non-hydrogen) atoms. The molecule has 0 unspecified atom stereocenters. The maximum atomic E-state index is 10.1. The van der Waals surface area contributed by atoms with Crippen molar-refractivity contribution in [1.29, 1.82) is 5.41 Å². The fourth-order valence-corrected chi connectivity index (χ4v) is 3.22. The first-order chi connectivity index (χ1) is 12.5. The summed E-state index contributed by atoms with van der Waals surface area (Å²) in [6.45, 7) is 4.45. The minimum absolute atomic E-state index is 0.257. The molecular weight excluding hydrogens is 344 g/mol. The Morgan fingerprint density at radius 3 is 1.54 bits per heavy atom. The number of hydrogen-bond donors (Lipinski definition) is 3. The predicted octanol–water partition coefficient (Wildman–Crippen LogP) is 6.97. The van der Waals surface area contributed by atoms with Crippen LogP contribution >= 0.6 is 11.8 Å². The van der Waals surface area contributed by atoms with Crippen molar-refractivity contribution in [3.05, 3.63) is 0 Å². The van der Waals surface area contributed by atoms with Crippen LogP contribution in [0.5, 0.6) is 0 Å². The molecule has 0 bridgehead atoms. The van der Waals surface area contributed by atoms with E-state index >= 15 is 0 Å². The average Bonchev–Trinajstić information content (AvgIpc) is 2.59. The van der Waals surface area contributed by atoms with E-state index < -0.39 is 5.97 Å². The molecule has 0 heterocycles. The number of amidine groups is 1. The molecule has 4 N–H and O–H groups in total. The number of nitrogens with two attached hydrogens (primary N) is 1. The second-order valence-corrected chi connectivity index (χ2v) is 8.09. The molecule has 5 heteroatoms. The molecular formula is C21H44N2O2S. The third kappa shape index (κ3) is 31.1. The van der Waals surface area contributed by atoms with Crippen LogP contribution in [-0.4, -0.2) is 22.0 Å². The summed E-state index contributed by atoms with van der Waals surface area (Å²) in [5.41, 5.74) is 5.23. The molecule has 0 aliphatic heterocycles. The minimum atomic E-state index is -0.663. The molecule has 0 amide bonds. The zero-order chi connectivity index (χ0) is 19.9. The Bertz CT molecular complexity index is 312. The van der Waals surface area contributed by atoms with Crippen LogP contribution in [0.25, 0.3) is 0 Å². The van der Waals surface area contributed by atoms with Crippen LogP contribution in [0.15, 0.2) is 0 Å². The second-order valence-electron chi connectivity index (χ2n) is 6.95. The van der Waals surface area contributed by atoms with Crippen LogP contribution in [0.1, 0.15) is 117 Å². The van der Waals surface area contributed by atoms with Gasteiger partial charge in [0.1, 0.15) is 0 Å². The van der Waals surface area contributed by atoms with Gasteiger partial charge in [-0.15, -0.1) is 0 Å². The van der Waals surface area contributed by atoms with E-state index in [9.17, 15) is 4.79 Å². The molecule has 0 spiro atoms. The molecule has 0 aromatic rings. The number of thioether (sulfide) groups is 1. The predicted molar refractivity (Wildman–Crippen MR) is 117 cm³/mol. The van der Waals surface area contributed by atoms with Gasteiger partial charge in [0, 0.05) is 12.2 Å². The van der Waals surface area contributed by atoms with Crippen molar-refractivity contribution in [2.24, 2.45) is 5.73 Å². The highest BCUT2D eigenvalue weighted by molar-refractivity contribution is 8.13. The summed E-state index contributed by atoms with van der Waals surface area (Å²) in [6.07, 6.45) is 19.4. The van der Waals surface area contributed by atoms with Crippen molar-refractivity contribution in [1.82, 2.24) is 0 Å². The molecule has 0 atom stereocenters. The molecule has 0 aliphatic carbocycles. The van der Waals surface area contributed by atoms with E-state index in [1.807, 2.05) is 0 Å². The van der Waals surface area contributed by atoms with Crippen molar-refractivity contribution < 1.29 is 9.90 Å². The lowest BCUT2D eigenvalue weighted by Crippen LogP contribution is -2.04. The number of carboxylic acids is 1. The van der Waals surface area contributed by atoms with E-state index in [2.05, 4.69) is 13.8 Å². The lowest BCUT2D eigenvalue weighted by Gasteiger charge is -2.01. The van der Waals surface area contributed by atoms with Crippen LogP contribution in [0.4, 0.5) is 0 Å². The van der Waals surface area contributed by atoms with Crippen LogP contribution < -0.4 is 5.73 Å². The van der Waals surface area contributed by atoms with E-state index in [0.29, 0.717) is 6.42 Å². The third-order valence-electron chi connectivity index (χ3n) is 4.25. The first-order valence-electron chi connectivity index (χ1n) is 10.7. The zero-order valence-corrected chi connectivity index (χ0v) is 18.2. The summed E-state index contributed by atoms with van der Waals surface area (Å²) in [7, 11) is 0. The van der Waals surface area contributed by atoms with Gasteiger partial charge in [-0.3, -0.25) is 10.2 Å². The van der Waals surface area contributed by atoms with Gasteiger partial charge in [0.2, 0.25) is 0 Å². The summed E-state index contributed by atoms with van der Waals surface area (Å²) in [5, 5.41) is 15.6. The van der Waals surface area contributed by atoms with Crippen LogP contribution in [0.2, 0.25) is 0 Å². The maximum Gasteiger partial charge on any atom is 0.303 e. The standard InChI is InChI=1S/C11H24N2S.C10H20O2/c1-2-3-4-5-6-7-8-9-10-14-11(12)13;1-2-3-4-5-6-7-8-9-10(11)12/h2-10H2,1H3,(H3,12,13);2-9H2,1H3,(H,11,12). The Kier molecular flexibility index (Phi) is 25.7. The monoisotopic (exact) mass is 388 g/mol. The molecule has 0 rings (SSSR count). The molecule has 4 nitrogen and oxygen atoms in total. The Hall–Kier alpha value is -0.710. The number of hydrogen-bond acceptors (Lipinski definition) is 3.